The first-order valence-electron chi connectivity index (χ1n) is 7.16. The van der Waals surface area contributed by atoms with E-state index in [0.29, 0.717) is 30.3 Å². The number of carbonyl (C=O) groups is 1. The van der Waals surface area contributed by atoms with Crippen molar-refractivity contribution in [3.05, 3.63) is 48.0 Å². The average molecular weight is 298 g/mol. The normalized spacial score (nSPS) is 13.5. The molecule has 3 rings (SSSR count). The van der Waals surface area contributed by atoms with Gasteiger partial charge in [-0.3, -0.25) is 4.79 Å². The van der Waals surface area contributed by atoms with Crippen molar-refractivity contribution in [2.45, 2.75) is 6.92 Å². The van der Waals surface area contributed by atoms with Gasteiger partial charge >= 0.3 is 0 Å². The third kappa shape index (κ3) is 2.83. The number of nitrogen functional groups attached to an aromatic ring is 1. The Bertz CT molecular complexity index is 700. The molecule has 2 aromatic carbocycles. The van der Waals surface area contributed by atoms with Crippen LogP contribution >= 0.6 is 0 Å². The molecule has 0 spiro atoms. The summed E-state index contributed by atoms with van der Waals surface area (Å²) in [4.78, 5) is 13.7. The topological polar surface area (TPSA) is 64.8 Å². The molecule has 1 aliphatic rings. The summed E-state index contributed by atoms with van der Waals surface area (Å²) in [5.41, 5.74) is 8.26. The highest BCUT2D eigenvalue weighted by molar-refractivity contribution is 5.99. The quantitative estimate of drug-likeness (QED) is 0.880. The maximum absolute atomic E-state index is 12.1. The molecule has 0 aliphatic carbocycles. The van der Waals surface area contributed by atoms with Gasteiger partial charge in [-0.25, -0.2) is 0 Å². The Hall–Kier alpha value is -2.69. The summed E-state index contributed by atoms with van der Waals surface area (Å²) in [6.45, 7) is 2.87. The van der Waals surface area contributed by atoms with Gasteiger partial charge in [0.2, 0.25) is 0 Å². The van der Waals surface area contributed by atoms with Gasteiger partial charge in [0, 0.05) is 0 Å². The molecule has 0 radical (unpaired) electrons. The molecule has 114 valence electrons. The van der Waals surface area contributed by atoms with E-state index in [1.165, 1.54) is 0 Å². The molecule has 1 amide bonds. The number of nitrogens with two attached hydrogens (primary N) is 1. The van der Waals surface area contributed by atoms with Gasteiger partial charge in [-0.2, -0.15) is 0 Å². The smallest absolute Gasteiger partial charge is 0.265 e. The molecule has 1 heterocycles. The van der Waals surface area contributed by atoms with Crippen molar-refractivity contribution in [1.29, 1.82) is 0 Å². The molecule has 5 nitrogen and oxygen atoms in total. The zero-order valence-electron chi connectivity index (χ0n) is 12.4. The number of para-hydroxylation sites is 1. The summed E-state index contributed by atoms with van der Waals surface area (Å²) >= 11 is 0. The Morgan fingerprint density at radius 3 is 2.91 bits per heavy atom. The lowest BCUT2D eigenvalue weighted by atomic mass is 10.2. The number of benzene rings is 2. The highest BCUT2D eigenvalue weighted by Crippen LogP contribution is 2.36. The fourth-order valence-electron chi connectivity index (χ4n) is 2.46. The Kier molecular flexibility index (Phi) is 3.87. The van der Waals surface area contributed by atoms with Crippen LogP contribution < -0.4 is 20.1 Å². The van der Waals surface area contributed by atoms with Crippen LogP contribution in [0, 0.1) is 6.92 Å². The van der Waals surface area contributed by atoms with Crippen LogP contribution in [0.3, 0.4) is 0 Å². The zero-order chi connectivity index (χ0) is 15.5. The van der Waals surface area contributed by atoms with Gasteiger partial charge in [0.15, 0.2) is 12.4 Å². The van der Waals surface area contributed by atoms with E-state index >= 15 is 0 Å². The number of amides is 1. The average Bonchev–Trinajstić information content (AvgIpc) is 2.50. The zero-order valence-corrected chi connectivity index (χ0v) is 12.4. The lowest BCUT2D eigenvalue weighted by molar-refractivity contribution is -0.121. The predicted molar refractivity (Wildman–Crippen MR) is 85.4 cm³/mol. The summed E-state index contributed by atoms with van der Waals surface area (Å²) in [5.74, 6) is 1.28. The van der Waals surface area contributed by atoms with Crippen molar-refractivity contribution in [3.63, 3.8) is 0 Å². The Labute approximate surface area is 129 Å². The van der Waals surface area contributed by atoms with E-state index in [1.807, 2.05) is 43.3 Å². The van der Waals surface area contributed by atoms with E-state index in [1.54, 1.807) is 11.0 Å². The number of anilines is 2. The minimum Gasteiger partial charge on any atom is -0.492 e. The number of carbonyl (C=O) groups excluding carboxylic acids is 1. The van der Waals surface area contributed by atoms with E-state index in [2.05, 4.69) is 0 Å². The van der Waals surface area contributed by atoms with Crippen molar-refractivity contribution >= 4 is 17.3 Å². The molecular weight excluding hydrogens is 280 g/mol. The predicted octanol–water partition coefficient (Wildman–Crippen LogP) is 2.38. The first kappa shape index (κ1) is 14.3. The number of rotatable bonds is 4. The minimum atomic E-state index is -0.0917. The van der Waals surface area contributed by atoms with Crippen LogP contribution in [-0.4, -0.2) is 25.7 Å². The van der Waals surface area contributed by atoms with Crippen molar-refractivity contribution in [1.82, 2.24) is 0 Å². The van der Waals surface area contributed by atoms with Gasteiger partial charge in [0.05, 0.1) is 17.9 Å². The minimum absolute atomic E-state index is 0.00561. The Morgan fingerprint density at radius 1 is 1.27 bits per heavy atom. The summed E-state index contributed by atoms with van der Waals surface area (Å²) < 4.78 is 11.1. The molecule has 0 atom stereocenters. The molecule has 22 heavy (non-hydrogen) atoms. The van der Waals surface area contributed by atoms with Crippen LogP contribution in [0.25, 0.3) is 0 Å². The molecule has 0 bridgehead atoms. The third-order valence-corrected chi connectivity index (χ3v) is 3.53. The van der Waals surface area contributed by atoms with Crippen molar-refractivity contribution < 1.29 is 14.3 Å². The molecule has 0 saturated heterocycles. The molecule has 2 N–H and O–H groups in total. The second kappa shape index (κ2) is 5.97. The van der Waals surface area contributed by atoms with Crippen LogP contribution in [0.2, 0.25) is 0 Å². The number of fused-ring (bicyclic) bond motifs is 1. The summed E-state index contributed by atoms with van der Waals surface area (Å²) in [5, 5.41) is 0. The van der Waals surface area contributed by atoms with Crippen LogP contribution in [0.5, 0.6) is 11.5 Å². The maximum Gasteiger partial charge on any atom is 0.265 e. The Morgan fingerprint density at radius 2 is 2.09 bits per heavy atom. The van der Waals surface area contributed by atoms with Gasteiger partial charge < -0.3 is 20.1 Å². The van der Waals surface area contributed by atoms with Crippen molar-refractivity contribution in [2.75, 3.05) is 30.4 Å². The number of aryl methyl sites for hydroxylation is 1. The standard InChI is InChI=1S/C17H18N2O3/c1-12-4-2-5-13(10-12)21-9-8-19-15-7-3-6-14(18)17(15)22-11-16(19)20/h2-7,10H,8-9,11,18H2,1H3. The van der Waals surface area contributed by atoms with E-state index < -0.39 is 0 Å². The molecule has 0 fully saturated rings. The van der Waals surface area contributed by atoms with Gasteiger partial charge in [0.1, 0.15) is 12.4 Å². The van der Waals surface area contributed by atoms with Gasteiger partial charge in [-0.15, -0.1) is 0 Å². The fourth-order valence-corrected chi connectivity index (χ4v) is 2.46. The number of hydrogen-bond acceptors (Lipinski definition) is 4. The first-order valence-corrected chi connectivity index (χ1v) is 7.16. The number of hydrogen-bond donors (Lipinski definition) is 1. The van der Waals surface area contributed by atoms with Crippen LogP contribution in [0.1, 0.15) is 5.56 Å². The maximum atomic E-state index is 12.1. The van der Waals surface area contributed by atoms with E-state index in [-0.39, 0.29) is 12.5 Å². The molecular formula is C17H18N2O3. The highest BCUT2D eigenvalue weighted by atomic mass is 16.5. The lowest BCUT2D eigenvalue weighted by Gasteiger charge is -2.30. The van der Waals surface area contributed by atoms with Crippen molar-refractivity contribution in [2.24, 2.45) is 0 Å². The van der Waals surface area contributed by atoms with Crippen LogP contribution in [0.4, 0.5) is 11.4 Å². The Balaban J connectivity index is 1.70. The summed E-state index contributed by atoms with van der Waals surface area (Å²) in [6, 6.07) is 13.2. The summed E-state index contributed by atoms with van der Waals surface area (Å²) in [7, 11) is 0. The fraction of sp³-hybridized carbons (Fsp3) is 0.235. The molecule has 1 aliphatic heterocycles. The molecule has 0 aromatic heterocycles. The largest absolute Gasteiger partial charge is 0.492 e. The molecule has 0 saturated carbocycles. The molecule has 5 heteroatoms. The van der Waals surface area contributed by atoms with Crippen molar-refractivity contribution in [3.8, 4) is 11.5 Å². The van der Waals surface area contributed by atoms with E-state index in [9.17, 15) is 4.79 Å². The third-order valence-electron chi connectivity index (χ3n) is 3.53. The lowest BCUT2D eigenvalue weighted by Crippen LogP contribution is -2.41. The number of nitrogens with zero attached hydrogens (tertiary/aromatic N) is 1. The van der Waals surface area contributed by atoms with E-state index in [4.69, 9.17) is 15.2 Å². The second-order valence-corrected chi connectivity index (χ2v) is 5.19. The first-order chi connectivity index (χ1) is 10.6. The number of ether oxygens (including phenoxy) is 2. The highest BCUT2D eigenvalue weighted by Gasteiger charge is 2.26. The van der Waals surface area contributed by atoms with Crippen LogP contribution in [-0.2, 0) is 4.79 Å². The van der Waals surface area contributed by atoms with Crippen LogP contribution in [0.15, 0.2) is 42.5 Å². The SMILES string of the molecule is Cc1cccc(OCCN2C(=O)COc3c(N)cccc32)c1. The van der Waals surface area contributed by atoms with Gasteiger partial charge in [-0.05, 0) is 36.8 Å². The van der Waals surface area contributed by atoms with E-state index in [0.717, 1.165) is 11.3 Å². The van der Waals surface area contributed by atoms with Gasteiger partial charge in [0.25, 0.3) is 5.91 Å². The molecule has 2 aromatic rings. The monoisotopic (exact) mass is 298 g/mol. The summed E-state index contributed by atoms with van der Waals surface area (Å²) in [6.07, 6.45) is 0. The van der Waals surface area contributed by atoms with Gasteiger partial charge in [-0.1, -0.05) is 18.2 Å². The molecule has 0 unspecified atom stereocenters. The second-order valence-electron chi connectivity index (χ2n) is 5.19.